The predicted octanol–water partition coefficient (Wildman–Crippen LogP) is 1.43. The van der Waals surface area contributed by atoms with E-state index in [9.17, 15) is 13.2 Å². The number of piperidine rings is 1. The van der Waals surface area contributed by atoms with Crippen molar-refractivity contribution in [1.82, 2.24) is 19.5 Å². The Morgan fingerprint density at radius 3 is 2.83 bits per heavy atom. The van der Waals surface area contributed by atoms with Crippen LogP contribution in [-0.4, -0.2) is 60.1 Å². The van der Waals surface area contributed by atoms with E-state index in [-0.39, 0.29) is 24.7 Å². The first-order chi connectivity index (χ1) is 11.3. The van der Waals surface area contributed by atoms with Gasteiger partial charge in [0.25, 0.3) is 0 Å². The number of amides is 2. The number of rotatable bonds is 5. The Morgan fingerprint density at radius 1 is 1.50 bits per heavy atom. The molecule has 1 aromatic rings. The fraction of sp³-hybridized carbons (Fsp3) is 0.625. The molecule has 1 unspecified atom stereocenters. The number of nitrogens with one attached hydrogen (secondary N) is 1. The van der Waals surface area contributed by atoms with Crippen LogP contribution in [0.15, 0.2) is 24.5 Å². The van der Waals surface area contributed by atoms with E-state index >= 15 is 0 Å². The molecular formula is C16H26N4O3S. The number of sulfonamides is 1. The van der Waals surface area contributed by atoms with Gasteiger partial charge in [-0.15, -0.1) is 0 Å². The van der Waals surface area contributed by atoms with E-state index in [0.29, 0.717) is 13.1 Å². The molecule has 0 aromatic carbocycles. The van der Waals surface area contributed by atoms with Crippen molar-refractivity contribution >= 4 is 16.1 Å². The zero-order chi connectivity index (χ0) is 17.7. The van der Waals surface area contributed by atoms with E-state index in [0.717, 1.165) is 18.4 Å². The average molecular weight is 354 g/mol. The molecule has 2 heterocycles. The summed E-state index contributed by atoms with van der Waals surface area (Å²) in [6.07, 6.45) is 6.08. The zero-order valence-corrected chi connectivity index (χ0v) is 15.3. The summed E-state index contributed by atoms with van der Waals surface area (Å²) in [4.78, 5) is 18.0. The molecule has 0 aliphatic carbocycles. The molecule has 1 fully saturated rings. The van der Waals surface area contributed by atoms with Gasteiger partial charge in [0.05, 0.1) is 6.26 Å². The standard InChI is InChI=1S/C16H26N4O3S/c1-13(2)18-16(21)19-9-5-7-15(12-19)20(24(3,22)23)11-14-6-4-8-17-10-14/h4,6,8,10,13,15H,5,7,9,11-12H2,1-3H3,(H,18,21). The normalized spacial score (nSPS) is 18.9. The highest BCUT2D eigenvalue weighted by Crippen LogP contribution is 2.21. The Morgan fingerprint density at radius 2 is 2.25 bits per heavy atom. The summed E-state index contributed by atoms with van der Waals surface area (Å²) in [5.74, 6) is 0. The van der Waals surface area contributed by atoms with Crippen LogP contribution in [0, 0.1) is 0 Å². The lowest BCUT2D eigenvalue weighted by atomic mass is 10.1. The maximum atomic E-state index is 12.3. The van der Waals surface area contributed by atoms with E-state index in [1.165, 1.54) is 10.6 Å². The van der Waals surface area contributed by atoms with Gasteiger partial charge in [-0.2, -0.15) is 4.31 Å². The molecule has 2 amide bonds. The summed E-state index contributed by atoms with van der Waals surface area (Å²) in [6, 6.07) is 3.35. The lowest BCUT2D eigenvalue weighted by molar-refractivity contribution is 0.146. The molecule has 1 aromatic heterocycles. The number of likely N-dealkylation sites (tertiary alicyclic amines) is 1. The number of carbonyl (C=O) groups excluding carboxylic acids is 1. The number of urea groups is 1. The van der Waals surface area contributed by atoms with Gasteiger partial charge in [-0.3, -0.25) is 4.98 Å². The highest BCUT2D eigenvalue weighted by molar-refractivity contribution is 7.88. The molecule has 2 rings (SSSR count). The topological polar surface area (TPSA) is 82.6 Å². The van der Waals surface area contributed by atoms with Crippen LogP contribution in [0.3, 0.4) is 0 Å². The fourth-order valence-electron chi connectivity index (χ4n) is 2.90. The van der Waals surface area contributed by atoms with Crippen LogP contribution in [-0.2, 0) is 16.6 Å². The molecule has 0 bridgehead atoms. The summed E-state index contributed by atoms with van der Waals surface area (Å²) in [5.41, 5.74) is 0.840. The van der Waals surface area contributed by atoms with E-state index in [2.05, 4.69) is 10.3 Å². The SMILES string of the molecule is CC(C)NC(=O)N1CCCC(N(Cc2cccnc2)S(C)(=O)=O)C1. The van der Waals surface area contributed by atoms with Crippen LogP contribution < -0.4 is 5.32 Å². The van der Waals surface area contributed by atoms with Crippen molar-refractivity contribution in [3.63, 3.8) is 0 Å². The molecule has 0 spiro atoms. The minimum Gasteiger partial charge on any atom is -0.336 e. The molecule has 24 heavy (non-hydrogen) atoms. The highest BCUT2D eigenvalue weighted by atomic mass is 32.2. The zero-order valence-electron chi connectivity index (χ0n) is 14.5. The van der Waals surface area contributed by atoms with Gasteiger partial charge in [0.2, 0.25) is 10.0 Å². The van der Waals surface area contributed by atoms with E-state index in [4.69, 9.17) is 0 Å². The number of aromatic nitrogens is 1. The van der Waals surface area contributed by atoms with Crippen LogP contribution in [0.2, 0.25) is 0 Å². The third kappa shape index (κ3) is 5.17. The fourth-order valence-corrected chi connectivity index (χ4v) is 4.00. The Bertz CT molecular complexity index is 649. The van der Waals surface area contributed by atoms with Crippen LogP contribution in [0.5, 0.6) is 0 Å². The highest BCUT2D eigenvalue weighted by Gasteiger charge is 2.32. The largest absolute Gasteiger partial charge is 0.336 e. The molecule has 1 N–H and O–H groups in total. The van der Waals surface area contributed by atoms with Crippen molar-refractivity contribution in [3.8, 4) is 0 Å². The van der Waals surface area contributed by atoms with Gasteiger partial charge in [0.15, 0.2) is 0 Å². The number of hydrogen-bond donors (Lipinski definition) is 1. The first-order valence-electron chi connectivity index (χ1n) is 8.18. The van der Waals surface area contributed by atoms with Crippen molar-refractivity contribution in [3.05, 3.63) is 30.1 Å². The molecule has 1 aliphatic heterocycles. The predicted molar refractivity (Wildman–Crippen MR) is 92.9 cm³/mol. The summed E-state index contributed by atoms with van der Waals surface area (Å²) in [5, 5.41) is 2.87. The van der Waals surface area contributed by atoms with Crippen LogP contribution in [0.4, 0.5) is 4.79 Å². The van der Waals surface area contributed by atoms with Gasteiger partial charge in [0, 0.05) is 44.1 Å². The van der Waals surface area contributed by atoms with Gasteiger partial charge in [-0.1, -0.05) is 6.07 Å². The minimum atomic E-state index is -3.39. The van der Waals surface area contributed by atoms with Gasteiger partial charge >= 0.3 is 6.03 Å². The monoisotopic (exact) mass is 354 g/mol. The molecule has 7 nitrogen and oxygen atoms in total. The average Bonchev–Trinajstić information content (AvgIpc) is 2.52. The van der Waals surface area contributed by atoms with Crippen molar-refractivity contribution in [2.45, 2.75) is 45.3 Å². The van der Waals surface area contributed by atoms with Crippen molar-refractivity contribution in [1.29, 1.82) is 0 Å². The molecule has 1 saturated heterocycles. The number of nitrogens with zero attached hydrogens (tertiary/aromatic N) is 3. The molecule has 8 heteroatoms. The number of hydrogen-bond acceptors (Lipinski definition) is 4. The maximum absolute atomic E-state index is 12.3. The third-order valence-electron chi connectivity index (χ3n) is 3.99. The first kappa shape index (κ1) is 18.7. The molecular weight excluding hydrogens is 328 g/mol. The van der Waals surface area contributed by atoms with Crippen molar-refractivity contribution < 1.29 is 13.2 Å². The Labute approximate surface area is 144 Å². The molecule has 0 saturated carbocycles. The molecule has 0 radical (unpaired) electrons. The second-order valence-corrected chi connectivity index (χ2v) is 8.45. The summed E-state index contributed by atoms with van der Waals surface area (Å²) < 4.78 is 26.0. The Balaban J connectivity index is 2.13. The van der Waals surface area contributed by atoms with Crippen LogP contribution in [0.25, 0.3) is 0 Å². The first-order valence-corrected chi connectivity index (χ1v) is 10.0. The Hall–Kier alpha value is -1.67. The maximum Gasteiger partial charge on any atom is 0.317 e. The second kappa shape index (κ2) is 7.94. The minimum absolute atomic E-state index is 0.0549. The van der Waals surface area contributed by atoms with Crippen molar-refractivity contribution in [2.75, 3.05) is 19.3 Å². The number of carbonyl (C=O) groups is 1. The Kier molecular flexibility index (Phi) is 6.17. The van der Waals surface area contributed by atoms with E-state index in [1.807, 2.05) is 19.9 Å². The van der Waals surface area contributed by atoms with Crippen molar-refractivity contribution in [2.24, 2.45) is 0 Å². The molecule has 1 aliphatic rings. The summed E-state index contributed by atoms with van der Waals surface area (Å²) in [7, 11) is -3.39. The second-order valence-electron chi connectivity index (χ2n) is 6.52. The van der Waals surface area contributed by atoms with Gasteiger partial charge in [-0.25, -0.2) is 13.2 Å². The quantitative estimate of drug-likeness (QED) is 0.867. The molecule has 134 valence electrons. The van der Waals surface area contributed by atoms with E-state index < -0.39 is 10.0 Å². The summed E-state index contributed by atoms with van der Waals surface area (Å²) in [6.45, 7) is 5.15. The smallest absolute Gasteiger partial charge is 0.317 e. The van der Waals surface area contributed by atoms with Crippen LogP contribution in [0.1, 0.15) is 32.3 Å². The summed E-state index contributed by atoms with van der Waals surface area (Å²) >= 11 is 0. The number of pyridine rings is 1. The van der Waals surface area contributed by atoms with Gasteiger partial charge < -0.3 is 10.2 Å². The lowest BCUT2D eigenvalue weighted by Crippen LogP contribution is -2.54. The van der Waals surface area contributed by atoms with E-state index in [1.54, 1.807) is 23.4 Å². The lowest BCUT2D eigenvalue weighted by Gasteiger charge is -2.38. The van der Waals surface area contributed by atoms with Gasteiger partial charge in [-0.05, 0) is 38.3 Å². The van der Waals surface area contributed by atoms with Crippen LogP contribution >= 0.6 is 0 Å². The van der Waals surface area contributed by atoms with Gasteiger partial charge in [0.1, 0.15) is 0 Å². The third-order valence-corrected chi connectivity index (χ3v) is 5.27. The molecule has 1 atom stereocenters.